The van der Waals surface area contributed by atoms with Crippen molar-refractivity contribution in [2.45, 2.75) is 0 Å². The lowest BCUT2D eigenvalue weighted by Gasteiger charge is -2.22. The molecule has 0 atom stereocenters. The predicted molar refractivity (Wildman–Crippen MR) is 303 cm³/mol. The molecule has 0 saturated heterocycles. The molecule has 3 nitrogen and oxygen atoms in total. The van der Waals surface area contributed by atoms with E-state index in [4.69, 9.17) is 9.97 Å². The number of rotatable bonds is 6. The van der Waals surface area contributed by atoms with E-state index in [1.165, 1.54) is 115 Å². The third-order valence-corrected chi connectivity index (χ3v) is 14.6. The highest BCUT2D eigenvalue weighted by Gasteiger charge is 2.21. The van der Waals surface area contributed by atoms with E-state index in [2.05, 4.69) is 216 Å². The highest BCUT2D eigenvalue weighted by Crippen LogP contribution is 2.38. The summed E-state index contributed by atoms with van der Waals surface area (Å²) < 4.78 is 2.51. The molecule has 0 amide bonds. The molecule has 0 bridgehead atoms. The van der Waals surface area contributed by atoms with Crippen LogP contribution in [0.2, 0.25) is 0 Å². The summed E-state index contributed by atoms with van der Waals surface area (Å²) in [7, 11) is 22.5. The van der Waals surface area contributed by atoms with Gasteiger partial charge in [-0.2, -0.15) is 0 Å². The van der Waals surface area contributed by atoms with Gasteiger partial charge in [-0.1, -0.05) is 154 Å². The second-order valence-electron chi connectivity index (χ2n) is 17.7. The first-order valence-electron chi connectivity index (χ1n) is 22.2. The Hall–Kier alpha value is -6.45. The Balaban J connectivity index is 1.08. The molecule has 10 aromatic rings. The van der Waals surface area contributed by atoms with Gasteiger partial charge in [-0.05, 0) is 56.8 Å². The van der Waals surface area contributed by atoms with Crippen LogP contribution in [0.15, 0.2) is 140 Å². The third-order valence-electron chi connectivity index (χ3n) is 14.6. The number of fused-ring (bicyclic) bond motifs is 4. The van der Waals surface area contributed by atoms with E-state index in [1.54, 1.807) is 0 Å². The van der Waals surface area contributed by atoms with Crippen LogP contribution in [-0.2, 0) is 0 Å². The summed E-state index contributed by atoms with van der Waals surface area (Å²) in [5.74, 6) is 0.731. The van der Waals surface area contributed by atoms with Crippen molar-refractivity contribution in [3.8, 4) is 61.8 Å². The first-order valence-corrected chi connectivity index (χ1v) is 22.2. The second-order valence-corrected chi connectivity index (χ2v) is 17.7. The minimum atomic E-state index is 0.731. The highest BCUT2D eigenvalue weighted by atomic mass is 15.0. The lowest BCUT2D eigenvalue weighted by Crippen LogP contribution is -2.56. The monoisotopic (exact) mass is 795 g/mol. The van der Waals surface area contributed by atoms with Gasteiger partial charge in [0, 0.05) is 27.6 Å². The largest absolute Gasteiger partial charge is 0.310 e. The third kappa shape index (κ3) is 6.58. The molecule has 0 unspecified atom stereocenters. The van der Waals surface area contributed by atoms with Crippen LogP contribution < -0.4 is 54.6 Å². The van der Waals surface area contributed by atoms with Crippen molar-refractivity contribution >= 4 is 166 Å². The molecular formula is C50H43B10N3. The molecule has 0 aliphatic rings. The van der Waals surface area contributed by atoms with E-state index in [0.717, 1.165) is 33.7 Å². The number of hydrogen-bond acceptors (Lipinski definition) is 2. The molecule has 288 valence electrons. The maximum atomic E-state index is 5.29. The minimum absolute atomic E-state index is 0.731. The zero-order chi connectivity index (χ0) is 43.8. The molecule has 0 radical (unpaired) electrons. The molecule has 0 saturated carbocycles. The second kappa shape index (κ2) is 15.7. The summed E-state index contributed by atoms with van der Waals surface area (Å²) in [4.78, 5) is 10.6. The number of nitrogens with zero attached hydrogens (tertiary/aromatic N) is 3. The van der Waals surface area contributed by atoms with Gasteiger partial charge in [0.05, 0.1) is 22.4 Å². The molecule has 13 heteroatoms. The Bertz CT molecular complexity index is 3460. The van der Waals surface area contributed by atoms with E-state index in [0.29, 0.717) is 0 Å². The number of para-hydroxylation sites is 1. The highest BCUT2D eigenvalue weighted by molar-refractivity contribution is 6.69. The molecule has 0 aliphatic carbocycles. The molecule has 0 N–H and O–H groups in total. The van der Waals surface area contributed by atoms with E-state index < -0.39 is 0 Å². The quantitative estimate of drug-likeness (QED) is 0.160. The van der Waals surface area contributed by atoms with Crippen molar-refractivity contribution in [1.29, 1.82) is 0 Å². The van der Waals surface area contributed by atoms with Crippen molar-refractivity contribution in [1.82, 2.24) is 14.5 Å². The first kappa shape index (κ1) is 40.6. The molecule has 0 fully saturated rings. The summed E-state index contributed by atoms with van der Waals surface area (Å²) in [5.41, 5.74) is 27.0. The summed E-state index contributed by atoms with van der Waals surface area (Å²) in [6, 6.07) is 50.8. The van der Waals surface area contributed by atoms with Crippen LogP contribution in [0, 0.1) is 0 Å². The Labute approximate surface area is 379 Å². The fourth-order valence-electron chi connectivity index (χ4n) is 10.1. The fourth-order valence-corrected chi connectivity index (χ4v) is 10.1. The van der Waals surface area contributed by atoms with Crippen LogP contribution in [-0.4, -0.2) is 93.0 Å². The van der Waals surface area contributed by atoms with Crippen LogP contribution >= 0.6 is 0 Å². The lowest BCUT2D eigenvalue weighted by molar-refractivity contribution is 1.19. The topological polar surface area (TPSA) is 30.7 Å². The lowest BCUT2D eigenvalue weighted by atomic mass is 9.60. The van der Waals surface area contributed by atoms with Crippen LogP contribution in [0.3, 0.4) is 0 Å². The number of aromatic nitrogens is 3. The average Bonchev–Trinajstić information content (AvgIpc) is 3.64. The summed E-state index contributed by atoms with van der Waals surface area (Å²) in [6.07, 6.45) is 0. The van der Waals surface area contributed by atoms with E-state index in [-0.39, 0.29) is 0 Å². The fraction of sp³-hybridized carbons (Fsp3) is 0. The first-order chi connectivity index (χ1) is 30.4. The molecule has 0 aliphatic heterocycles. The van der Waals surface area contributed by atoms with Gasteiger partial charge in [0.2, 0.25) is 0 Å². The van der Waals surface area contributed by atoms with Gasteiger partial charge < -0.3 is 4.57 Å². The van der Waals surface area contributed by atoms with Crippen molar-refractivity contribution in [3.63, 3.8) is 0 Å². The normalized spacial score (nSPS) is 11.5. The zero-order valence-electron chi connectivity index (χ0n) is 38.1. The number of hydrogen-bond donors (Lipinski definition) is 0. The van der Waals surface area contributed by atoms with E-state index in [9.17, 15) is 0 Å². The Morgan fingerprint density at radius 3 is 1.44 bits per heavy atom. The van der Waals surface area contributed by atoms with Crippen LogP contribution in [0.5, 0.6) is 0 Å². The van der Waals surface area contributed by atoms with Gasteiger partial charge in [-0.3, -0.25) is 0 Å². The van der Waals surface area contributed by atoms with Gasteiger partial charge in [0.25, 0.3) is 0 Å². The van der Waals surface area contributed by atoms with Crippen LogP contribution in [0.25, 0.3) is 94.4 Å². The maximum absolute atomic E-state index is 5.29. The molecule has 63 heavy (non-hydrogen) atoms. The Morgan fingerprint density at radius 2 is 0.794 bits per heavy atom. The van der Waals surface area contributed by atoms with Crippen molar-refractivity contribution < 1.29 is 0 Å². The van der Waals surface area contributed by atoms with Crippen molar-refractivity contribution in [2.75, 3.05) is 0 Å². The predicted octanol–water partition coefficient (Wildman–Crippen LogP) is -4.35. The van der Waals surface area contributed by atoms with Gasteiger partial charge in [0.15, 0.2) is 5.82 Å². The number of benzene rings is 8. The summed E-state index contributed by atoms with van der Waals surface area (Å²) in [5, 5.41) is 4.91. The molecule has 0 spiro atoms. The summed E-state index contributed by atoms with van der Waals surface area (Å²) >= 11 is 0. The van der Waals surface area contributed by atoms with Crippen molar-refractivity contribution in [3.05, 3.63) is 140 Å². The summed E-state index contributed by atoms with van der Waals surface area (Å²) in [6.45, 7) is 0. The van der Waals surface area contributed by atoms with Gasteiger partial charge in [-0.25, -0.2) is 9.97 Å². The van der Waals surface area contributed by atoms with E-state index in [1.807, 2.05) is 6.07 Å². The molecule has 10 rings (SSSR count). The zero-order valence-corrected chi connectivity index (χ0v) is 38.1. The Morgan fingerprint density at radius 1 is 0.317 bits per heavy atom. The van der Waals surface area contributed by atoms with Gasteiger partial charge in [0.1, 0.15) is 78.5 Å². The standard InChI is InChI=1S/C50H43B10N3/c51-39-38(40(52)42(54)43(55)41(39)53)35-23-34(61-50(62-35)26-8-2-1-3-9-26)31-21-20-28(29-10-4-5-11-30(29)31)25-16-14-24(15-17-25)27-18-19-33-32-12-6-7-13-36(32)63(37(33)22-27)49-47(59)45(57)44(56)46(58)48(49)60/h1-23H,51-60H2. The van der Waals surface area contributed by atoms with Gasteiger partial charge in [-0.15, -0.1) is 21.9 Å². The SMILES string of the molecule is Bc1c(B)c(B)c(-c2cc(-c3ccc(-c4ccc(-c5ccc6c7ccccc7n(-c7c(B)c(B)c(B)c(B)c7B)c6c5)cc4)c4ccccc34)nc(-c3ccccc3)n2)c(B)c1B. The maximum Gasteiger partial charge on any atom is 0.160 e. The van der Waals surface area contributed by atoms with Crippen LogP contribution in [0.1, 0.15) is 0 Å². The molecule has 2 heterocycles. The van der Waals surface area contributed by atoms with Gasteiger partial charge >= 0.3 is 0 Å². The smallest absolute Gasteiger partial charge is 0.160 e. The Kier molecular flexibility index (Phi) is 10.1. The minimum Gasteiger partial charge on any atom is -0.310 e. The van der Waals surface area contributed by atoms with E-state index >= 15 is 0 Å². The molecule has 8 aromatic carbocycles. The molecule has 2 aromatic heterocycles. The average molecular weight is 794 g/mol. The van der Waals surface area contributed by atoms with Crippen molar-refractivity contribution in [2.24, 2.45) is 0 Å². The van der Waals surface area contributed by atoms with Crippen LogP contribution in [0.4, 0.5) is 0 Å². The molecular weight excluding hydrogens is 751 g/mol.